The number of H-pyrrole nitrogens is 1. The Morgan fingerprint density at radius 3 is 2.70 bits per heavy atom. The molecule has 2 N–H and O–H groups in total. The van der Waals surface area contributed by atoms with Gasteiger partial charge in [-0.25, -0.2) is 4.79 Å². The molecular weight excluding hydrogens is 256 g/mol. The first-order valence-electron chi connectivity index (χ1n) is 5.97. The van der Waals surface area contributed by atoms with Crippen LogP contribution in [-0.2, 0) is 0 Å². The van der Waals surface area contributed by atoms with Crippen LogP contribution in [0.2, 0.25) is 0 Å². The lowest BCUT2D eigenvalue weighted by Gasteiger charge is -2.04. The van der Waals surface area contributed by atoms with Crippen LogP contribution >= 0.6 is 0 Å². The monoisotopic (exact) mass is 266 g/mol. The molecule has 0 fully saturated rings. The number of rotatable bonds is 2. The molecule has 2 heterocycles. The van der Waals surface area contributed by atoms with E-state index in [1.807, 2.05) is 24.3 Å². The summed E-state index contributed by atoms with van der Waals surface area (Å²) in [6.07, 6.45) is 1.69. The summed E-state index contributed by atoms with van der Waals surface area (Å²) in [5, 5.41) is 9.60. The maximum atomic E-state index is 11.7. The van der Waals surface area contributed by atoms with Crippen LogP contribution in [0, 0.1) is 0 Å². The van der Waals surface area contributed by atoms with Crippen LogP contribution in [0.4, 0.5) is 0 Å². The SMILES string of the molecule is O=C(O)c1cc2ccc(-c3ccccn3)cc2[nH]c1=O. The molecule has 98 valence electrons. The van der Waals surface area contributed by atoms with E-state index in [1.165, 1.54) is 6.07 Å². The van der Waals surface area contributed by atoms with E-state index in [0.29, 0.717) is 10.9 Å². The number of carboxylic acids is 1. The predicted molar refractivity (Wildman–Crippen MR) is 74.8 cm³/mol. The second-order valence-corrected chi connectivity index (χ2v) is 4.33. The van der Waals surface area contributed by atoms with Gasteiger partial charge in [0.2, 0.25) is 0 Å². The Labute approximate surface area is 113 Å². The fourth-order valence-corrected chi connectivity index (χ4v) is 2.05. The number of carboxylic acid groups (broad SMARTS) is 1. The van der Waals surface area contributed by atoms with Crippen LogP contribution in [0.5, 0.6) is 0 Å². The smallest absolute Gasteiger partial charge is 0.341 e. The zero-order valence-electron chi connectivity index (χ0n) is 10.3. The molecule has 5 heteroatoms. The summed E-state index contributed by atoms with van der Waals surface area (Å²) in [4.78, 5) is 29.4. The first kappa shape index (κ1) is 12.1. The van der Waals surface area contributed by atoms with Crippen LogP contribution in [-0.4, -0.2) is 21.0 Å². The number of fused-ring (bicyclic) bond motifs is 1. The largest absolute Gasteiger partial charge is 0.477 e. The average Bonchev–Trinajstić information content (AvgIpc) is 2.46. The van der Waals surface area contributed by atoms with E-state index in [9.17, 15) is 9.59 Å². The zero-order chi connectivity index (χ0) is 14.1. The lowest BCUT2D eigenvalue weighted by Crippen LogP contribution is -2.16. The summed E-state index contributed by atoms with van der Waals surface area (Å²) < 4.78 is 0. The molecule has 20 heavy (non-hydrogen) atoms. The molecule has 1 aromatic carbocycles. The standard InChI is InChI=1S/C15H10N2O3/c18-14-11(15(19)20)7-9-4-5-10(8-13(9)17-14)12-3-1-2-6-16-12/h1-8H,(H,17,18)(H,19,20). The van der Waals surface area contributed by atoms with Gasteiger partial charge in [0.1, 0.15) is 5.56 Å². The number of carbonyl (C=O) groups is 1. The Bertz CT molecular complexity index is 854. The summed E-state index contributed by atoms with van der Waals surface area (Å²) >= 11 is 0. The number of nitrogens with one attached hydrogen (secondary N) is 1. The quantitative estimate of drug-likeness (QED) is 0.745. The molecule has 0 saturated heterocycles. The molecule has 0 aliphatic heterocycles. The van der Waals surface area contributed by atoms with Gasteiger partial charge in [0, 0.05) is 17.3 Å². The molecule has 0 unspecified atom stereocenters. The molecule has 3 aromatic rings. The third-order valence-electron chi connectivity index (χ3n) is 3.04. The second-order valence-electron chi connectivity index (χ2n) is 4.33. The van der Waals surface area contributed by atoms with Crippen LogP contribution in [0.3, 0.4) is 0 Å². The van der Waals surface area contributed by atoms with E-state index in [1.54, 1.807) is 18.3 Å². The molecule has 0 aliphatic carbocycles. The Morgan fingerprint density at radius 1 is 1.15 bits per heavy atom. The third kappa shape index (κ3) is 2.05. The number of aromatic carboxylic acids is 1. The van der Waals surface area contributed by atoms with Crippen molar-refractivity contribution in [3.05, 3.63) is 64.6 Å². The van der Waals surface area contributed by atoms with Crippen molar-refractivity contribution in [2.45, 2.75) is 0 Å². The highest BCUT2D eigenvalue weighted by atomic mass is 16.4. The van der Waals surface area contributed by atoms with E-state index < -0.39 is 11.5 Å². The van der Waals surface area contributed by atoms with Gasteiger partial charge in [0.05, 0.1) is 5.69 Å². The molecule has 2 aromatic heterocycles. The van der Waals surface area contributed by atoms with Gasteiger partial charge in [-0.15, -0.1) is 0 Å². The van der Waals surface area contributed by atoms with Crippen molar-refractivity contribution in [2.24, 2.45) is 0 Å². The van der Waals surface area contributed by atoms with Gasteiger partial charge in [0.15, 0.2) is 0 Å². The summed E-state index contributed by atoms with van der Waals surface area (Å²) in [6, 6.07) is 12.3. The van der Waals surface area contributed by atoms with Gasteiger partial charge in [0.25, 0.3) is 5.56 Å². The number of nitrogens with zero attached hydrogens (tertiary/aromatic N) is 1. The Balaban J connectivity index is 2.20. The van der Waals surface area contributed by atoms with Gasteiger partial charge in [-0.1, -0.05) is 18.2 Å². The molecule has 0 bridgehead atoms. The minimum atomic E-state index is -1.23. The van der Waals surface area contributed by atoms with Crippen molar-refractivity contribution in [2.75, 3.05) is 0 Å². The van der Waals surface area contributed by atoms with Crippen molar-refractivity contribution >= 4 is 16.9 Å². The lowest BCUT2D eigenvalue weighted by atomic mass is 10.1. The molecule has 0 saturated carbocycles. The summed E-state index contributed by atoms with van der Waals surface area (Å²) in [5.74, 6) is -1.23. The van der Waals surface area contributed by atoms with E-state index >= 15 is 0 Å². The summed E-state index contributed by atoms with van der Waals surface area (Å²) in [7, 11) is 0. The van der Waals surface area contributed by atoms with Gasteiger partial charge in [-0.3, -0.25) is 9.78 Å². The Hall–Kier alpha value is -2.95. The Kier molecular flexibility index (Phi) is 2.80. The van der Waals surface area contributed by atoms with Gasteiger partial charge >= 0.3 is 5.97 Å². The second kappa shape index (κ2) is 4.62. The number of pyridine rings is 2. The van der Waals surface area contributed by atoms with Crippen molar-refractivity contribution in [3.63, 3.8) is 0 Å². The molecule has 0 amide bonds. The number of hydrogen-bond donors (Lipinski definition) is 2. The molecule has 0 aliphatic rings. The fourth-order valence-electron chi connectivity index (χ4n) is 2.05. The molecule has 0 radical (unpaired) electrons. The normalized spacial score (nSPS) is 10.6. The fraction of sp³-hybridized carbons (Fsp3) is 0. The Morgan fingerprint density at radius 2 is 2.00 bits per heavy atom. The molecular formula is C15H10N2O3. The van der Waals surface area contributed by atoms with Gasteiger partial charge < -0.3 is 10.1 Å². The number of aromatic nitrogens is 2. The lowest BCUT2D eigenvalue weighted by molar-refractivity contribution is 0.0695. The first-order valence-corrected chi connectivity index (χ1v) is 5.97. The number of aromatic amines is 1. The van der Waals surface area contributed by atoms with Crippen molar-refractivity contribution < 1.29 is 9.90 Å². The van der Waals surface area contributed by atoms with E-state index in [0.717, 1.165) is 11.3 Å². The van der Waals surface area contributed by atoms with E-state index in [4.69, 9.17) is 5.11 Å². The molecule has 0 spiro atoms. The maximum absolute atomic E-state index is 11.7. The number of hydrogen-bond acceptors (Lipinski definition) is 3. The van der Waals surface area contributed by atoms with Crippen molar-refractivity contribution in [1.82, 2.24) is 9.97 Å². The van der Waals surface area contributed by atoms with Crippen LogP contribution < -0.4 is 5.56 Å². The number of benzene rings is 1. The zero-order valence-corrected chi connectivity index (χ0v) is 10.3. The van der Waals surface area contributed by atoms with Crippen LogP contribution in [0.1, 0.15) is 10.4 Å². The molecule has 5 nitrogen and oxygen atoms in total. The average molecular weight is 266 g/mol. The van der Waals surface area contributed by atoms with Crippen molar-refractivity contribution in [3.8, 4) is 11.3 Å². The maximum Gasteiger partial charge on any atom is 0.341 e. The first-order chi connectivity index (χ1) is 9.65. The highest BCUT2D eigenvalue weighted by Crippen LogP contribution is 2.21. The molecule has 3 rings (SSSR count). The van der Waals surface area contributed by atoms with Gasteiger partial charge in [-0.05, 0) is 29.7 Å². The minimum Gasteiger partial charge on any atom is -0.477 e. The van der Waals surface area contributed by atoms with Crippen LogP contribution in [0.25, 0.3) is 22.2 Å². The predicted octanol–water partition coefficient (Wildman–Crippen LogP) is 2.29. The summed E-state index contributed by atoms with van der Waals surface area (Å²) in [6.45, 7) is 0. The van der Waals surface area contributed by atoms with Crippen LogP contribution in [0.15, 0.2) is 53.5 Å². The summed E-state index contributed by atoms with van der Waals surface area (Å²) in [5.41, 5.74) is 1.36. The minimum absolute atomic E-state index is 0.261. The van der Waals surface area contributed by atoms with E-state index in [2.05, 4.69) is 9.97 Å². The van der Waals surface area contributed by atoms with Gasteiger partial charge in [-0.2, -0.15) is 0 Å². The highest BCUT2D eigenvalue weighted by molar-refractivity contribution is 5.93. The van der Waals surface area contributed by atoms with E-state index in [-0.39, 0.29) is 5.56 Å². The van der Waals surface area contributed by atoms with Crippen molar-refractivity contribution in [1.29, 1.82) is 0 Å². The third-order valence-corrected chi connectivity index (χ3v) is 3.04. The topological polar surface area (TPSA) is 83.0 Å². The molecule has 0 atom stereocenters. The highest BCUT2D eigenvalue weighted by Gasteiger charge is 2.10.